The first-order valence-corrected chi connectivity index (χ1v) is 5.67. The summed E-state index contributed by atoms with van der Waals surface area (Å²) in [4.78, 5) is 0. The lowest BCUT2D eigenvalue weighted by Gasteiger charge is -2.42. The molecule has 1 heteroatoms. The predicted molar refractivity (Wildman–Crippen MR) is 65.7 cm³/mol. The molecule has 0 saturated carbocycles. The molecule has 0 bridgehead atoms. The van der Waals surface area contributed by atoms with Gasteiger partial charge in [0.25, 0.3) is 0 Å². The van der Waals surface area contributed by atoms with Crippen LogP contribution in [0, 0.1) is 10.8 Å². The highest BCUT2D eigenvalue weighted by atomic mass is 16.3. The maximum absolute atomic E-state index is 10.6. The Morgan fingerprint density at radius 2 is 1.67 bits per heavy atom. The minimum absolute atomic E-state index is 0.117. The van der Waals surface area contributed by atoms with Crippen LogP contribution in [0.15, 0.2) is 23.8 Å². The molecule has 1 aliphatic rings. The Kier molecular flexibility index (Phi) is 2.90. The van der Waals surface area contributed by atoms with Gasteiger partial charge in [-0.05, 0) is 10.8 Å². The number of hydrogen-bond acceptors (Lipinski definition) is 1. The lowest BCUT2D eigenvalue weighted by Crippen LogP contribution is -2.43. The number of hydrogen-bond donors (Lipinski definition) is 1. The van der Waals surface area contributed by atoms with Gasteiger partial charge in [-0.25, -0.2) is 0 Å². The molecule has 1 aliphatic carbocycles. The number of allylic oxidation sites excluding steroid dienone is 2. The van der Waals surface area contributed by atoms with Gasteiger partial charge in [0.2, 0.25) is 0 Å². The minimum atomic E-state index is -0.704. The van der Waals surface area contributed by atoms with E-state index in [-0.39, 0.29) is 10.8 Å². The van der Waals surface area contributed by atoms with Crippen LogP contribution >= 0.6 is 0 Å². The molecule has 1 rings (SSSR count). The molecule has 0 radical (unpaired) electrons. The van der Waals surface area contributed by atoms with Crippen LogP contribution in [0.3, 0.4) is 0 Å². The van der Waals surface area contributed by atoms with Gasteiger partial charge in [-0.3, -0.25) is 0 Å². The van der Waals surface area contributed by atoms with Gasteiger partial charge in [0.05, 0.1) is 5.60 Å². The van der Waals surface area contributed by atoms with E-state index in [0.29, 0.717) is 0 Å². The van der Waals surface area contributed by atoms with E-state index >= 15 is 0 Å². The van der Waals surface area contributed by atoms with Gasteiger partial charge in [-0.1, -0.05) is 65.3 Å². The van der Waals surface area contributed by atoms with Gasteiger partial charge in [0, 0.05) is 6.42 Å². The van der Waals surface area contributed by atoms with Crippen molar-refractivity contribution in [1.29, 1.82) is 0 Å². The van der Waals surface area contributed by atoms with E-state index in [1.807, 2.05) is 12.2 Å². The number of aliphatic hydroxyl groups is 1. The second-order valence-corrected chi connectivity index (χ2v) is 6.65. The standard InChI is InChI=1S/C14H24O/c1-12(2,3)11-8-7-9-14(15,10-11)13(4,5)6/h7-9,15H,10H2,1-6H3. The van der Waals surface area contributed by atoms with Gasteiger partial charge in [-0.2, -0.15) is 0 Å². The third-order valence-electron chi connectivity index (χ3n) is 3.39. The highest BCUT2D eigenvalue weighted by Gasteiger charge is 2.40. The molecule has 15 heavy (non-hydrogen) atoms. The van der Waals surface area contributed by atoms with Crippen LogP contribution in [0.1, 0.15) is 48.0 Å². The molecule has 0 saturated heterocycles. The van der Waals surface area contributed by atoms with Crippen molar-refractivity contribution in [2.24, 2.45) is 10.8 Å². The Labute approximate surface area is 93.9 Å². The van der Waals surface area contributed by atoms with E-state index < -0.39 is 5.60 Å². The van der Waals surface area contributed by atoms with Crippen molar-refractivity contribution in [3.05, 3.63) is 23.8 Å². The summed E-state index contributed by atoms with van der Waals surface area (Å²) in [5, 5.41) is 10.6. The summed E-state index contributed by atoms with van der Waals surface area (Å²) in [5.74, 6) is 0. The molecule has 86 valence electrons. The van der Waals surface area contributed by atoms with Crippen LogP contribution in [0.5, 0.6) is 0 Å². The Morgan fingerprint density at radius 1 is 1.13 bits per heavy atom. The summed E-state index contributed by atoms with van der Waals surface area (Å²) in [5.41, 5.74) is 0.644. The van der Waals surface area contributed by atoms with E-state index in [1.54, 1.807) is 0 Å². The van der Waals surface area contributed by atoms with Gasteiger partial charge in [-0.15, -0.1) is 0 Å². The summed E-state index contributed by atoms with van der Waals surface area (Å²) in [6.45, 7) is 12.8. The first-order chi connectivity index (χ1) is 6.56. The summed E-state index contributed by atoms with van der Waals surface area (Å²) in [6.07, 6.45) is 6.81. The summed E-state index contributed by atoms with van der Waals surface area (Å²) in [7, 11) is 0. The van der Waals surface area contributed by atoms with Gasteiger partial charge in [0.15, 0.2) is 0 Å². The Balaban J connectivity index is 2.99. The Bertz CT molecular complexity index is 296. The topological polar surface area (TPSA) is 20.2 Å². The highest BCUT2D eigenvalue weighted by molar-refractivity contribution is 5.30. The molecule has 0 amide bonds. The average Bonchev–Trinajstić information content (AvgIpc) is 2.00. The fraction of sp³-hybridized carbons (Fsp3) is 0.714. The lowest BCUT2D eigenvalue weighted by atomic mass is 9.67. The van der Waals surface area contributed by atoms with Gasteiger partial charge >= 0.3 is 0 Å². The molecule has 1 N–H and O–H groups in total. The quantitative estimate of drug-likeness (QED) is 0.643. The van der Waals surface area contributed by atoms with Crippen LogP contribution in [0.2, 0.25) is 0 Å². The zero-order chi connectivity index (χ0) is 11.9. The van der Waals surface area contributed by atoms with Crippen LogP contribution in [0.4, 0.5) is 0 Å². The van der Waals surface area contributed by atoms with Crippen LogP contribution < -0.4 is 0 Å². The Morgan fingerprint density at radius 3 is 2.07 bits per heavy atom. The van der Waals surface area contributed by atoms with Crippen LogP contribution in [-0.4, -0.2) is 10.7 Å². The maximum Gasteiger partial charge on any atom is 0.0915 e. The summed E-state index contributed by atoms with van der Waals surface area (Å²) < 4.78 is 0. The molecular formula is C14H24O. The van der Waals surface area contributed by atoms with Crippen LogP contribution in [0.25, 0.3) is 0 Å². The third-order valence-corrected chi connectivity index (χ3v) is 3.39. The van der Waals surface area contributed by atoms with Crippen molar-refractivity contribution in [1.82, 2.24) is 0 Å². The average molecular weight is 208 g/mol. The fourth-order valence-corrected chi connectivity index (χ4v) is 1.76. The van der Waals surface area contributed by atoms with E-state index in [2.05, 4.69) is 47.6 Å². The molecule has 1 atom stereocenters. The summed E-state index contributed by atoms with van der Waals surface area (Å²) >= 11 is 0. The monoisotopic (exact) mass is 208 g/mol. The molecule has 0 spiro atoms. The van der Waals surface area contributed by atoms with Crippen molar-refractivity contribution in [3.63, 3.8) is 0 Å². The third kappa shape index (κ3) is 2.52. The minimum Gasteiger partial charge on any atom is -0.385 e. The van der Waals surface area contributed by atoms with Crippen molar-refractivity contribution in [2.45, 2.75) is 53.6 Å². The predicted octanol–water partition coefficient (Wildman–Crippen LogP) is 3.70. The molecule has 1 unspecified atom stereocenters. The number of rotatable bonds is 0. The van der Waals surface area contributed by atoms with Crippen molar-refractivity contribution < 1.29 is 5.11 Å². The molecule has 0 aliphatic heterocycles. The molecular weight excluding hydrogens is 184 g/mol. The maximum atomic E-state index is 10.6. The largest absolute Gasteiger partial charge is 0.385 e. The highest BCUT2D eigenvalue weighted by Crippen LogP contribution is 2.43. The van der Waals surface area contributed by atoms with E-state index in [9.17, 15) is 5.11 Å². The van der Waals surface area contributed by atoms with Crippen molar-refractivity contribution >= 4 is 0 Å². The molecule has 0 aromatic heterocycles. The second kappa shape index (κ2) is 3.48. The molecule has 0 aromatic carbocycles. The fourth-order valence-electron chi connectivity index (χ4n) is 1.76. The molecule has 1 nitrogen and oxygen atoms in total. The van der Waals surface area contributed by atoms with Crippen molar-refractivity contribution in [2.75, 3.05) is 0 Å². The van der Waals surface area contributed by atoms with Gasteiger partial charge < -0.3 is 5.11 Å². The molecule has 0 heterocycles. The van der Waals surface area contributed by atoms with E-state index in [1.165, 1.54) is 5.57 Å². The van der Waals surface area contributed by atoms with Crippen molar-refractivity contribution in [3.8, 4) is 0 Å². The first kappa shape index (κ1) is 12.5. The molecule has 0 fully saturated rings. The van der Waals surface area contributed by atoms with Crippen LogP contribution in [-0.2, 0) is 0 Å². The summed E-state index contributed by atoms with van der Waals surface area (Å²) in [6, 6.07) is 0. The smallest absolute Gasteiger partial charge is 0.0915 e. The first-order valence-electron chi connectivity index (χ1n) is 5.67. The Hall–Kier alpha value is -0.560. The van der Waals surface area contributed by atoms with E-state index in [0.717, 1.165) is 6.42 Å². The zero-order valence-electron chi connectivity index (χ0n) is 10.9. The molecule has 0 aromatic rings. The SMILES string of the molecule is CC(C)(C)C1=CC=CC(O)(C(C)(C)C)C1. The van der Waals surface area contributed by atoms with E-state index in [4.69, 9.17) is 0 Å². The normalized spacial score (nSPS) is 27.8. The second-order valence-electron chi connectivity index (χ2n) is 6.65. The van der Waals surface area contributed by atoms with Gasteiger partial charge in [0.1, 0.15) is 0 Å². The lowest BCUT2D eigenvalue weighted by molar-refractivity contribution is -0.0173. The zero-order valence-corrected chi connectivity index (χ0v) is 10.9.